The smallest absolute Gasteiger partial charge is 0.276 e. The fraction of sp³-hybridized carbons (Fsp3) is 0.0800. The maximum Gasteiger partial charge on any atom is 0.416 e. The van der Waals surface area contributed by atoms with E-state index in [9.17, 15) is 26.4 Å². The van der Waals surface area contributed by atoms with E-state index in [4.69, 9.17) is 0 Å². The first-order valence-corrected chi connectivity index (χ1v) is 12.5. The van der Waals surface area contributed by atoms with Gasteiger partial charge in [0.25, 0.3) is 5.56 Å². The van der Waals surface area contributed by atoms with E-state index in [2.05, 4.69) is 14.7 Å². The molecule has 0 unspecified atom stereocenters. The number of nitrogens with zero attached hydrogens (tertiary/aromatic N) is 3. The number of pyridine rings is 3. The predicted octanol–water partition coefficient (Wildman–Crippen LogP) is 4.99. The Labute approximate surface area is 202 Å². The summed E-state index contributed by atoms with van der Waals surface area (Å²) in [5, 5.41) is 1.13. The van der Waals surface area contributed by atoms with Crippen LogP contribution >= 0.6 is 0 Å². The number of hydrogen-bond donors (Lipinski definition) is 1. The van der Waals surface area contributed by atoms with Crippen LogP contribution in [0.1, 0.15) is 5.56 Å². The highest BCUT2D eigenvalue weighted by molar-refractivity contribution is 7.92. The molecule has 3 heterocycles. The van der Waals surface area contributed by atoms with Gasteiger partial charge in [-0.25, -0.2) is 13.4 Å². The Morgan fingerprint density at radius 1 is 0.889 bits per heavy atom. The van der Waals surface area contributed by atoms with Crippen LogP contribution in [0.4, 0.5) is 19.0 Å². The van der Waals surface area contributed by atoms with E-state index < -0.39 is 27.3 Å². The molecule has 0 saturated heterocycles. The van der Waals surface area contributed by atoms with Gasteiger partial charge in [-0.3, -0.25) is 19.1 Å². The Morgan fingerprint density at radius 2 is 1.67 bits per heavy atom. The second-order valence-corrected chi connectivity index (χ2v) is 9.90. The highest BCUT2D eigenvalue weighted by Gasteiger charge is 2.30. The highest BCUT2D eigenvalue weighted by atomic mass is 32.2. The summed E-state index contributed by atoms with van der Waals surface area (Å²) in [4.78, 5) is 21.5. The Morgan fingerprint density at radius 3 is 2.36 bits per heavy atom. The molecule has 0 aliphatic carbocycles. The van der Waals surface area contributed by atoms with Crippen LogP contribution in [0, 0.1) is 0 Å². The summed E-state index contributed by atoms with van der Waals surface area (Å²) in [5.41, 5.74) is 1.04. The molecule has 0 amide bonds. The van der Waals surface area contributed by atoms with E-state index in [1.165, 1.54) is 35.0 Å². The minimum absolute atomic E-state index is 0.0798. The number of benzene rings is 2. The highest BCUT2D eigenvalue weighted by Crippen LogP contribution is 2.32. The summed E-state index contributed by atoms with van der Waals surface area (Å²) in [6, 6.07) is 16.0. The average Bonchev–Trinajstić information content (AvgIpc) is 2.82. The van der Waals surface area contributed by atoms with Crippen molar-refractivity contribution < 1.29 is 21.6 Å². The zero-order valence-corrected chi connectivity index (χ0v) is 19.4. The van der Waals surface area contributed by atoms with Crippen LogP contribution in [0.2, 0.25) is 0 Å². The summed E-state index contributed by atoms with van der Waals surface area (Å²) in [5.74, 6) is 0.160. The largest absolute Gasteiger partial charge is 0.416 e. The fourth-order valence-corrected chi connectivity index (χ4v) is 4.48. The zero-order chi connectivity index (χ0) is 25.7. The second-order valence-electron chi connectivity index (χ2n) is 8.16. The number of alkyl halides is 3. The SMILES string of the molecule is CS(=O)(=O)Nc1ccc(-c2ccc3ncc4ccc(=O)n(-c5cccc(C(F)(F)F)c5)c4c3c2)cn1. The van der Waals surface area contributed by atoms with Crippen molar-refractivity contribution in [2.24, 2.45) is 0 Å². The van der Waals surface area contributed by atoms with Crippen molar-refractivity contribution in [3.63, 3.8) is 0 Å². The van der Waals surface area contributed by atoms with Gasteiger partial charge in [0.2, 0.25) is 10.0 Å². The number of fused-ring (bicyclic) bond motifs is 3. The molecule has 0 radical (unpaired) electrons. The van der Waals surface area contributed by atoms with E-state index in [1.807, 2.05) is 0 Å². The van der Waals surface area contributed by atoms with Crippen LogP contribution in [0.25, 0.3) is 38.6 Å². The summed E-state index contributed by atoms with van der Waals surface area (Å²) >= 11 is 0. The van der Waals surface area contributed by atoms with Crippen LogP contribution in [0.3, 0.4) is 0 Å². The van der Waals surface area contributed by atoms with Gasteiger partial charge in [-0.05, 0) is 54.1 Å². The van der Waals surface area contributed by atoms with Gasteiger partial charge in [0.05, 0.1) is 22.9 Å². The number of aromatic nitrogens is 3. The first-order chi connectivity index (χ1) is 17.0. The van der Waals surface area contributed by atoms with Gasteiger partial charge in [0.1, 0.15) is 5.82 Å². The maximum absolute atomic E-state index is 13.4. The van der Waals surface area contributed by atoms with Crippen LogP contribution in [-0.2, 0) is 16.2 Å². The van der Waals surface area contributed by atoms with Crippen LogP contribution < -0.4 is 10.3 Å². The Hall–Kier alpha value is -4.25. The van der Waals surface area contributed by atoms with Gasteiger partial charge in [-0.2, -0.15) is 13.2 Å². The number of hydrogen-bond acceptors (Lipinski definition) is 5. The molecule has 3 aromatic heterocycles. The minimum Gasteiger partial charge on any atom is -0.276 e. The van der Waals surface area contributed by atoms with Gasteiger partial charge in [0.15, 0.2) is 0 Å². The quantitative estimate of drug-likeness (QED) is 0.344. The number of anilines is 1. The minimum atomic E-state index is -4.56. The fourth-order valence-electron chi connectivity index (χ4n) is 3.98. The van der Waals surface area contributed by atoms with E-state index >= 15 is 0 Å². The third kappa shape index (κ3) is 4.52. The van der Waals surface area contributed by atoms with Crippen molar-refractivity contribution in [2.75, 3.05) is 11.0 Å². The van der Waals surface area contributed by atoms with Gasteiger partial charge >= 0.3 is 6.18 Å². The van der Waals surface area contributed by atoms with Crippen molar-refractivity contribution in [1.82, 2.24) is 14.5 Å². The summed E-state index contributed by atoms with van der Waals surface area (Å²) < 4.78 is 66.5. The molecule has 11 heteroatoms. The summed E-state index contributed by atoms with van der Waals surface area (Å²) in [6.45, 7) is 0. The second kappa shape index (κ2) is 8.45. The molecular weight excluding hydrogens is 493 g/mol. The van der Waals surface area contributed by atoms with E-state index in [0.717, 1.165) is 18.4 Å². The molecule has 0 saturated carbocycles. The molecule has 2 aromatic carbocycles. The Balaban J connectivity index is 1.72. The molecule has 36 heavy (non-hydrogen) atoms. The number of rotatable bonds is 4. The van der Waals surface area contributed by atoms with E-state index in [1.54, 1.807) is 36.5 Å². The van der Waals surface area contributed by atoms with Crippen molar-refractivity contribution in [3.05, 3.63) is 95.0 Å². The summed E-state index contributed by atoms with van der Waals surface area (Å²) in [7, 11) is -3.48. The van der Waals surface area contributed by atoms with Crippen molar-refractivity contribution >= 4 is 37.6 Å². The van der Waals surface area contributed by atoms with Crippen LogP contribution in [0.5, 0.6) is 0 Å². The van der Waals surface area contributed by atoms with Crippen molar-refractivity contribution in [3.8, 4) is 16.8 Å². The molecule has 5 aromatic rings. The zero-order valence-electron chi connectivity index (χ0n) is 18.6. The topological polar surface area (TPSA) is 94.0 Å². The number of sulfonamides is 1. The molecule has 7 nitrogen and oxygen atoms in total. The third-order valence-corrected chi connectivity index (χ3v) is 6.12. The maximum atomic E-state index is 13.4. The third-order valence-electron chi connectivity index (χ3n) is 5.54. The Kier molecular flexibility index (Phi) is 5.51. The molecular formula is C25H17F3N4O3S. The lowest BCUT2D eigenvalue weighted by molar-refractivity contribution is -0.137. The number of halogens is 3. The molecule has 5 rings (SSSR count). The summed E-state index contributed by atoms with van der Waals surface area (Å²) in [6.07, 6.45) is -0.485. The molecule has 182 valence electrons. The molecule has 0 aliphatic rings. The van der Waals surface area contributed by atoms with Gasteiger partial charge in [0, 0.05) is 40.5 Å². The molecule has 0 bridgehead atoms. The molecule has 1 N–H and O–H groups in total. The van der Waals surface area contributed by atoms with E-state index in [0.29, 0.717) is 32.9 Å². The molecule has 0 fully saturated rings. The first-order valence-electron chi connectivity index (χ1n) is 10.6. The lowest BCUT2D eigenvalue weighted by Gasteiger charge is -2.15. The monoisotopic (exact) mass is 510 g/mol. The van der Waals surface area contributed by atoms with E-state index in [-0.39, 0.29) is 11.5 Å². The van der Waals surface area contributed by atoms with Crippen LogP contribution in [0.15, 0.2) is 83.9 Å². The van der Waals surface area contributed by atoms with Gasteiger partial charge in [-0.15, -0.1) is 0 Å². The normalized spacial score (nSPS) is 12.2. The van der Waals surface area contributed by atoms with Crippen molar-refractivity contribution in [1.29, 1.82) is 0 Å². The molecule has 0 spiro atoms. The predicted molar refractivity (Wildman–Crippen MR) is 132 cm³/mol. The number of nitrogens with one attached hydrogen (secondary N) is 1. The Bertz CT molecular complexity index is 1800. The standard InChI is InChI=1S/C25H17F3N4O3S/c1-36(34,35)31-22-9-6-16(13-30-22)15-5-8-21-20(11-15)24-17(14-29-21)7-10-23(33)32(24)19-4-2-3-18(12-19)25(26,27)28/h2-14H,1H3,(H,30,31). The van der Waals surface area contributed by atoms with Crippen molar-refractivity contribution in [2.45, 2.75) is 6.18 Å². The first kappa shape index (κ1) is 23.5. The molecule has 0 atom stereocenters. The average molecular weight is 510 g/mol. The lowest BCUT2D eigenvalue weighted by atomic mass is 10.0. The molecule has 0 aliphatic heterocycles. The lowest BCUT2D eigenvalue weighted by Crippen LogP contribution is -2.18. The van der Waals surface area contributed by atoms with Crippen LogP contribution in [-0.4, -0.2) is 29.2 Å². The van der Waals surface area contributed by atoms with Gasteiger partial charge in [-0.1, -0.05) is 12.1 Å². The van der Waals surface area contributed by atoms with Gasteiger partial charge < -0.3 is 0 Å².